The summed E-state index contributed by atoms with van der Waals surface area (Å²) in [5.41, 5.74) is 0.393. The summed E-state index contributed by atoms with van der Waals surface area (Å²) in [5, 5.41) is 14.2. The van der Waals surface area contributed by atoms with Crippen LogP contribution in [0.3, 0.4) is 0 Å². The highest BCUT2D eigenvalue weighted by molar-refractivity contribution is 7.84. The van der Waals surface area contributed by atoms with Crippen molar-refractivity contribution in [3.8, 4) is 5.75 Å². The van der Waals surface area contributed by atoms with Crippen molar-refractivity contribution >= 4 is 22.2 Å². The van der Waals surface area contributed by atoms with Crippen LogP contribution in [0, 0.1) is 10.1 Å². The normalized spacial score (nSPS) is 11.9. The van der Waals surface area contributed by atoms with E-state index >= 15 is 0 Å². The summed E-state index contributed by atoms with van der Waals surface area (Å²) in [4.78, 5) is 10.7. The van der Waals surface area contributed by atoms with Crippen LogP contribution in [-0.2, 0) is 10.8 Å². The van der Waals surface area contributed by atoms with Crippen LogP contribution in [0.2, 0.25) is 0 Å². The molecule has 112 valence electrons. The molecule has 0 spiro atoms. The molecule has 0 aliphatic heterocycles. The Morgan fingerprint density at radius 1 is 1.45 bits per heavy atom. The Balaban J connectivity index is 2.78. The number of nitrogens with one attached hydrogen (secondary N) is 1. The van der Waals surface area contributed by atoms with E-state index in [1.807, 2.05) is 6.92 Å². The van der Waals surface area contributed by atoms with Crippen LogP contribution in [0.4, 0.5) is 11.4 Å². The Kier molecular flexibility index (Phi) is 7.00. The summed E-state index contributed by atoms with van der Waals surface area (Å²) in [7, 11) is -0.845. The van der Waals surface area contributed by atoms with Gasteiger partial charge in [-0.1, -0.05) is 13.0 Å². The van der Waals surface area contributed by atoms with Gasteiger partial charge < -0.3 is 10.1 Å². The second-order valence-corrected chi connectivity index (χ2v) is 5.87. The van der Waals surface area contributed by atoms with Gasteiger partial charge in [0.15, 0.2) is 5.75 Å². The zero-order valence-electron chi connectivity index (χ0n) is 11.8. The highest BCUT2D eigenvalue weighted by atomic mass is 32.2. The van der Waals surface area contributed by atoms with Crippen molar-refractivity contribution in [2.24, 2.45) is 0 Å². The maximum Gasteiger partial charge on any atom is 0.333 e. The predicted molar refractivity (Wildman–Crippen MR) is 80.9 cm³/mol. The smallest absolute Gasteiger partial charge is 0.333 e. The predicted octanol–water partition coefficient (Wildman–Crippen LogP) is 2.56. The first kappa shape index (κ1) is 16.4. The first-order valence-corrected chi connectivity index (χ1v) is 8.23. The van der Waals surface area contributed by atoms with Crippen molar-refractivity contribution in [1.82, 2.24) is 0 Å². The molecule has 1 rings (SSSR count). The van der Waals surface area contributed by atoms with Crippen LogP contribution >= 0.6 is 0 Å². The molecule has 0 saturated heterocycles. The molecule has 0 radical (unpaired) electrons. The monoisotopic (exact) mass is 300 g/mol. The summed E-state index contributed by atoms with van der Waals surface area (Å²) in [6.07, 6.45) is 3.12. The lowest BCUT2D eigenvalue weighted by molar-refractivity contribution is -0.385. The van der Waals surface area contributed by atoms with E-state index in [0.717, 1.165) is 6.42 Å². The Labute approximate surface area is 121 Å². The molecule has 0 heterocycles. The lowest BCUT2D eigenvalue weighted by Crippen LogP contribution is -2.08. The zero-order valence-corrected chi connectivity index (χ0v) is 12.6. The molecule has 1 atom stereocenters. The largest absolute Gasteiger partial charge is 0.487 e. The molecule has 0 aliphatic carbocycles. The molecule has 0 aromatic heterocycles. The maximum absolute atomic E-state index is 11.2. The number of nitro groups is 1. The van der Waals surface area contributed by atoms with Gasteiger partial charge in [-0.05, 0) is 25.0 Å². The average Bonchev–Trinajstić information content (AvgIpc) is 2.40. The van der Waals surface area contributed by atoms with Gasteiger partial charge in [0.05, 0.1) is 11.5 Å². The quantitative estimate of drug-likeness (QED) is 0.430. The molecule has 1 unspecified atom stereocenters. The zero-order chi connectivity index (χ0) is 15.0. The van der Waals surface area contributed by atoms with Crippen molar-refractivity contribution in [3.05, 3.63) is 28.3 Å². The number of nitro benzene ring substituents is 1. The number of ether oxygens (including phenoxy) is 1. The molecule has 0 fully saturated rings. The minimum absolute atomic E-state index is 0.0430. The van der Waals surface area contributed by atoms with Crippen molar-refractivity contribution < 1.29 is 13.9 Å². The third kappa shape index (κ3) is 5.16. The molecule has 0 saturated carbocycles. The fourth-order valence-corrected chi connectivity index (χ4v) is 2.23. The van der Waals surface area contributed by atoms with Crippen LogP contribution < -0.4 is 10.1 Å². The summed E-state index contributed by atoms with van der Waals surface area (Å²) in [6.45, 7) is 2.93. The van der Waals surface area contributed by atoms with E-state index < -0.39 is 15.7 Å². The summed E-state index contributed by atoms with van der Waals surface area (Å²) < 4.78 is 16.4. The van der Waals surface area contributed by atoms with Gasteiger partial charge in [-0.25, -0.2) is 0 Å². The number of anilines is 1. The Hall–Kier alpha value is -1.63. The third-order valence-electron chi connectivity index (χ3n) is 2.57. The topological polar surface area (TPSA) is 81.5 Å². The fraction of sp³-hybridized carbons (Fsp3) is 0.538. The Morgan fingerprint density at radius 3 is 2.80 bits per heavy atom. The number of hydrogen-bond donors (Lipinski definition) is 1. The molecule has 0 amide bonds. The van der Waals surface area contributed by atoms with Crippen LogP contribution in [0.5, 0.6) is 5.75 Å². The molecule has 7 heteroatoms. The van der Waals surface area contributed by atoms with E-state index in [9.17, 15) is 14.3 Å². The van der Waals surface area contributed by atoms with Gasteiger partial charge >= 0.3 is 5.69 Å². The van der Waals surface area contributed by atoms with E-state index in [4.69, 9.17) is 4.74 Å². The highest BCUT2D eigenvalue weighted by Crippen LogP contribution is 2.34. The van der Waals surface area contributed by atoms with Gasteiger partial charge in [-0.15, -0.1) is 0 Å². The van der Waals surface area contributed by atoms with Gasteiger partial charge in [0.25, 0.3) is 0 Å². The average molecular weight is 300 g/mol. The highest BCUT2D eigenvalue weighted by Gasteiger charge is 2.20. The van der Waals surface area contributed by atoms with Crippen molar-refractivity contribution in [2.45, 2.75) is 19.8 Å². The summed E-state index contributed by atoms with van der Waals surface area (Å²) in [6, 6.07) is 4.97. The van der Waals surface area contributed by atoms with E-state index in [0.29, 0.717) is 31.0 Å². The molecule has 6 nitrogen and oxygen atoms in total. The molecule has 0 aliphatic rings. The van der Waals surface area contributed by atoms with Crippen LogP contribution in [0.25, 0.3) is 0 Å². The fourth-order valence-electron chi connectivity index (χ4n) is 1.68. The van der Waals surface area contributed by atoms with Crippen molar-refractivity contribution in [1.29, 1.82) is 0 Å². The Bertz CT molecular complexity index is 479. The number of nitrogens with zero attached hydrogens (tertiary/aromatic N) is 1. The Morgan fingerprint density at radius 2 is 2.20 bits per heavy atom. The molecule has 20 heavy (non-hydrogen) atoms. The maximum atomic E-state index is 11.2. The first-order valence-electron chi connectivity index (χ1n) is 6.50. The number of rotatable bonds is 9. The molecular weight excluding hydrogens is 280 g/mol. The summed E-state index contributed by atoms with van der Waals surface area (Å²) >= 11 is 0. The second kappa shape index (κ2) is 8.52. The van der Waals surface area contributed by atoms with Gasteiger partial charge in [-0.3, -0.25) is 14.3 Å². The second-order valence-electron chi connectivity index (χ2n) is 4.32. The SMILES string of the molecule is CCCOc1cccc(NCCCS(C)=O)c1[N+](=O)[O-]. The number of hydrogen-bond acceptors (Lipinski definition) is 5. The van der Waals surface area contributed by atoms with E-state index in [1.165, 1.54) is 0 Å². The van der Waals surface area contributed by atoms with E-state index in [-0.39, 0.29) is 11.4 Å². The van der Waals surface area contributed by atoms with E-state index in [1.54, 1.807) is 24.5 Å². The minimum atomic E-state index is -0.845. The standard InChI is InChI=1S/C13H20N2O4S/c1-3-9-19-12-7-4-6-11(13(12)15(16)17)14-8-5-10-20(2)18/h4,6-7,14H,3,5,8-10H2,1-2H3. The molecule has 1 N–H and O–H groups in total. The van der Waals surface area contributed by atoms with Crippen LogP contribution in [0.1, 0.15) is 19.8 Å². The van der Waals surface area contributed by atoms with Crippen molar-refractivity contribution in [2.75, 3.05) is 30.5 Å². The van der Waals surface area contributed by atoms with Crippen LogP contribution in [0.15, 0.2) is 18.2 Å². The first-order chi connectivity index (χ1) is 9.56. The molecule has 0 bridgehead atoms. The van der Waals surface area contributed by atoms with Crippen LogP contribution in [-0.4, -0.2) is 34.3 Å². The minimum Gasteiger partial charge on any atom is -0.487 e. The van der Waals surface area contributed by atoms with Gasteiger partial charge in [0, 0.05) is 29.4 Å². The lowest BCUT2D eigenvalue weighted by Gasteiger charge is -2.10. The molecule has 1 aromatic carbocycles. The van der Waals surface area contributed by atoms with Gasteiger partial charge in [0.1, 0.15) is 5.69 Å². The third-order valence-corrected chi connectivity index (χ3v) is 3.43. The number of benzene rings is 1. The molecular formula is C13H20N2O4S. The van der Waals surface area contributed by atoms with Gasteiger partial charge in [0.2, 0.25) is 0 Å². The lowest BCUT2D eigenvalue weighted by atomic mass is 10.2. The van der Waals surface area contributed by atoms with Crippen molar-refractivity contribution in [3.63, 3.8) is 0 Å². The number of para-hydroxylation sites is 1. The van der Waals surface area contributed by atoms with Gasteiger partial charge in [-0.2, -0.15) is 0 Å². The molecule has 1 aromatic rings. The summed E-state index contributed by atoms with van der Waals surface area (Å²) in [5.74, 6) is 0.855. The van der Waals surface area contributed by atoms with E-state index in [2.05, 4.69) is 5.32 Å².